The van der Waals surface area contributed by atoms with E-state index in [-0.39, 0.29) is 25.2 Å². The molecule has 3 heterocycles. The Morgan fingerprint density at radius 1 is 1.20 bits per heavy atom. The van der Waals surface area contributed by atoms with Crippen LogP contribution >= 0.6 is 0 Å². The van der Waals surface area contributed by atoms with Crippen LogP contribution in [0.1, 0.15) is 6.42 Å². The van der Waals surface area contributed by atoms with Crippen LogP contribution in [0.15, 0.2) is 60.1 Å². The van der Waals surface area contributed by atoms with E-state index in [2.05, 4.69) is 10.6 Å². The van der Waals surface area contributed by atoms with Crippen LogP contribution in [0, 0.1) is 0 Å². The summed E-state index contributed by atoms with van der Waals surface area (Å²) in [5.41, 5.74) is 2.59. The van der Waals surface area contributed by atoms with E-state index in [1.54, 1.807) is 41.6 Å². The van der Waals surface area contributed by atoms with Crippen molar-refractivity contribution < 1.29 is 27.5 Å². The Morgan fingerprint density at radius 2 is 1.93 bits per heavy atom. The molecule has 0 atom stereocenters. The number of hydrogen-bond donors (Lipinski definition) is 2. The van der Waals surface area contributed by atoms with Crippen LogP contribution in [0.3, 0.4) is 0 Å². The second-order valence-corrected chi connectivity index (χ2v) is 7.17. The Balaban J connectivity index is 1.24. The molecule has 0 aromatic heterocycles. The lowest BCUT2D eigenvalue weighted by Gasteiger charge is -2.39. The average Bonchev–Trinajstić information content (AvgIpc) is 3.08. The van der Waals surface area contributed by atoms with Crippen molar-refractivity contribution >= 4 is 17.6 Å². The highest BCUT2D eigenvalue weighted by Crippen LogP contribution is 2.26. The van der Waals surface area contributed by atoms with E-state index in [4.69, 9.17) is 4.74 Å². The summed E-state index contributed by atoms with van der Waals surface area (Å²) in [6, 6.07) is 6.41. The van der Waals surface area contributed by atoms with Gasteiger partial charge in [0, 0.05) is 24.3 Å². The van der Waals surface area contributed by atoms with Gasteiger partial charge in [0.15, 0.2) is 0 Å². The molecular weight excluding hydrogens is 401 g/mol. The Morgan fingerprint density at radius 3 is 2.60 bits per heavy atom. The number of nitrogens with one attached hydrogen (secondary N) is 2. The lowest BCUT2D eigenvalue weighted by Crippen LogP contribution is -2.56. The van der Waals surface area contributed by atoms with Gasteiger partial charge in [-0.25, -0.2) is 4.79 Å². The molecule has 3 aliphatic rings. The van der Waals surface area contributed by atoms with Gasteiger partial charge in [0.25, 0.3) is 0 Å². The minimum absolute atomic E-state index is 0.121. The van der Waals surface area contributed by atoms with E-state index < -0.39 is 18.5 Å². The maximum atomic E-state index is 12.4. The highest BCUT2D eigenvalue weighted by Gasteiger charge is 2.39. The summed E-state index contributed by atoms with van der Waals surface area (Å²) in [6.07, 6.45) is 1.01. The Hall–Kier alpha value is -3.43. The third-order valence-corrected chi connectivity index (χ3v) is 4.84. The van der Waals surface area contributed by atoms with Crippen LogP contribution in [-0.2, 0) is 4.79 Å². The van der Waals surface area contributed by atoms with Gasteiger partial charge >= 0.3 is 12.2 Å². The molecule has 1 saturated heterocycles. The normalized spacial score (nSPS) is 18.1. The topological polar surface area (TPSA) is 73.9 Å². The second-order valence-electron chi connectivity index (χ2n) is 7.17. The van der Waals surface area contributed by atoms with E-state index in [1.165, 1.54) is 0 Å². The first-order chi connectivity index (χ1) is 14.3. The molecule has 10 heteroatoms. The van der Waals surface area contributed by atoms with Gasteiger partial charge in [0.1, 0.15) is 18.3 Å². The van der Waals surface area contributed by atoms with Gasteiger partial charge in [-0.05, 0) is 41.5 Å². The molecule has 0 unspecified atom stereocenters. The predicted molar refractivity (Wildman–Crippen MR) is 102 cm³/mol. The van der Waals surface area contributed by atoms with Crippen molar-refractivity contribution in [3.8, 4) is 5.75 Å². The number of hydrogen-bond acceptors (Lipinski definition) is 4. The number of halogens is 3. The van der Waals surface area contributed by atoms with Crippen molar-refractivity contribution in [2.24, 2.45) is 0 Å². The van der Waals surface area contributed by atoms with E-state index in [0.29, 0.717) is 18.0 Å². The highest BCUT2D eigenvalue weighted by atomic mass is 19.4. The molecule has 30 heavy (non-hydrogen) atoms. The van der Waals surface area contributed by atoms with E-state index >= 15 is 0 Å². The van der Waals surface area contributed by atoms with Gasteiger partial charge in [0.2, 0.25) is 5.91 Å². The molecule has 1 aromatic rings. The summed E-state index contributed by atoms with van der Waals surface area (Å²) in [5, 5.41) is 5.79. The minimum Gasteiger partial charge on any atom is -0.487 e. The van der Waals surface area contributed by atoms with Crippen molar-refractivity contribution in [1.82, 2.24) is 15.1 Å². The SMILES string of the molecule is O=C(Nc1ccc(OC2CN(C(=O)CC(F)(F)F)C2)cc1)N1C=C2C=CNC=C2C1. The highest BCUT2D eigenvalue weighted by molar-refractivity contribution is 5.91. The number of benzene rings is 1. The van der Waals surface area contributed by atoms with Crippen LogP contribution in [0.2, 0.25) is 0 Å². The Bertz CT molecular complexity index is 932. The molecule has 1 fully saturated rings. The molecule has 4 rings (SSSR count). The van der Waals surface area contributed by atoms with Crippen molar-refractivity contribution in [3.63, 3.8) is 0 Å². The standard InChI is InChI=1S/C20H19F3N4O3/c21-20(22,23)7-18(28)26-11-17(12-26)30-16-3-1-15(2-4-16)25-19(29)27-9-13-5-6-24-8-14(13)10-27/h1-6,8-9,17,24H,7,10-12H2,(H,25,29). The van der Waals surface area contributed by atoms with Crippen LogP contribution in [0.5, 0.6) is 5.75 Å². The summed E-state index contributed by atoms with van der Waals surface area (Å²) in [6.45, 7) is 0.720. The molecule has 0 saturated carbocycles. The maximum Gasteiger partial charge on any atom is 0.397 e. The number of anilines is 1. The summed E-state index contributed by atoms with van der Waals surface area (Å²) in [5.74, 6) is -0.434. The Kier molecular flexibility index (Phi) is 5.15. The number of likely N-dealkylation sites (tertiary alicyclic amines) is 1. The monoisotopic (exact) mass is 420 g/mol. The molecule has 3 aliphatic heterocycles. The third kappa shape index (κ3) is 4.58. The fraction of sp³-hybridized carbons (Fsp3) is 0.300. The predicted octanol–water partition coefficient (Wildman–Crippen LogP) is 2.96. The second kappa shape index (κ2) is 7.77. The van der Waals surface area contributed by atoms with Crippen molar-refractivity contribution in [1.29, 1.82) is 0 Å². The number of fused-ring (bicyclic) bond motifs is 1. The molecule has 158 valence electrons. The van der Waals surface area contributed by atoms with Gasteiger partial charge < -0.3 is 20.3 Å². The summed E-state index contributed by atoms with van der Waals surface area (Å²) >= 11 is 0. The lowest BCUT2D eigenvalue weighted by atomic mass is 10.1. The first-order valence-corrected chi connectivity index (χ1v) is 9.29. The quantitative estimate of drug-likeness (QED) is 0.786. The van der Waals surface area contributed by atoms with Crippen LogP contribution in [-0.4, -0.2) is 53.7 Å². The molecule has 0 radical (unpaired) electrons. The van der Waals surface area contributed by atoms with Gasteiger partial charge in [-0.15, -0.1) is 0 Å². The third-order valence-electron chi connectivity index (χ3n) is 4.84. The number of rotatable bonds is 4. The zero-order valence-corrected chi connectivity index (χ0v) is 15.8. The smallest absolute Gasteiger partial charge is 0.397 e. The molecule has 1 aromatic carbocycles. The first-order valence-electron chi connectivity index (χ1n) is 9.29. The largest absolute Gasteiger partial charge is 0.487 e. The zero-order valence-electron chi connectivity index (χ0n) is 15.8. The van der Waals surface area contributed by atoms with E-state index in [1.807, 2.05) is 12.3 Å². The fourth-order valence-electron chi connectivity index (χ4n) is 3.27. The maximum absolute atomic E-state index is 12.4. The molecule has 7 nitrogen and oxygen atoms in total. The van der Waals surface area contributed by atoms with Crippen LogP contribution < -0.4 is 15.4 Å². The number of dihydropyridines is 1. The average molecular weight is 420 g/mol. The number of carbonyl (C=O) groups excluding carboxylic acids is 2. The molecule has 0 aliphatic carbocycles. The van der Waals surface area contributed by atoms with Crippen molar-refractivity contribution in [3.05, 3.63) is 60.1 Å². The summed E-state index contributed by atoms with van der Waals surface area (Å²) < 4.78 is 42.4. The van der Waals surface area contributed by atoms with Crippen LogP contribution in [0.25, 0.3) is 0 Å². The van der Waals surface area contributed by atoms with E-state index in [9.17, 15) is 22.8 Å². The number of alkyl halides is 3. The zero-order chi connectivity index (χ0) is 21.3. The number of nitrogens with zero attached hydrogens (tertiary/aromatic N) is 2. The number of allylic oxidation sites excluding steroid dienone is 1. The lowest BCUT2D eigenvalue weighted by molar-refractivity contribution is -0.167. The van der Waals surface area contributed by atoms with Crippen LogP contribution in [0.4, 0.5) is 23.7 Å². The molecule has 2 N–H and O–H groups in total. The molecule has 0 bridgehead atoms. The van der Waals surface area contributed by atoms with Gasteiger partial charge in [-0.3, -0.25) is 9.69 Å². The van der Waals surface area contributed by atoms with Crippen molar-refractivity contribution in [2.45, 2.75) is 18.7 Å². The number of carbonyl (C=O) groups is 2. The molecular formula is C20H19F3N4O3. The van der Waals surface area contributed by atoms with Gasteiger partial charge in [-0.2, -0.15) is 13.2 Å². The van der Waals surface area contributed by atoms with Gasteiger partial charge in [-0.1, -0.05) is 0 Å². The van der Waals surface area contributed by atoms with E-state index in [0.717, 1.165) is 16.0 Å². The fourth-order valence-corrected chi connectivity index (χ4v) is 3.27. The number of urea groups is 1. The Labute approximate surface area is 170 Å². The van der Waals surface area contributed by atoms with Crippen molar-refractivity contribution in [2.75, 3.05) is 25.0 Å². The minimum atomic E-state index is -4.50. The van der Waals surface area contributed by atoms with Gasteiger partial charge in [0.05, 0.1) is 19.6 Å². The number of amides is 3. The molecule has 0 spiro atoms. The number of ether oxygens (including phenoxy) is 1. The summed E-state index contributed by atoms with van der Waals surface area (Å²) in [7, 11) is 0. The molecule has 3 amide bonds. The summed E-state index contributed by atoms with van der Waals surface area (Å²) in [4.78, 5) is 26.6. The first kappa shape index (κ1) is 19.9.